The molecule has 5 heteroatoms. The second-order valence-corrected chi connectivity index (χ2v) is 4.96. The first-order valence-corrected chi connectivity index (χ1v) is 5.09. The largest absolute Gasteiger partial charge is 0.478 e. The van der Waals surface area contributed by atoms with E-state index in [0.29, 0.717) is 5.56 Å². The molecule has 0 amide bonds. The molecule has 0 bridgehead atoms. The molecule has 0 radical (unpaired) electrons. The summed E-state index contributed by atoms with van der Waals surface area (Å²) in [5.74, 6) is -1.09. The SMILES string of the molecule is CC(C)(C)c1cc(Cl)nc(Cl)c1C(=O)O. The number of carbonyl (C=O) groups is 1. The van der Waals surface area contributed by atoms with Crippen LogP contribution in [-0.2, 0) is 5.41 Å². The van der Waals surface area contributed by atoms with Crippen molar-refractivity contribution in [3.8, 4) is 0 Å². The van der Waals surface area contributed by atoms with Crippen LogP contribution in [0.1, 0.15) is 36.7 Å². The first-order chi connectivity index (χ1) is 6.73. The van der Waals surface area contributed by atoms with E-state index >= 15 is 0 Å². The molecule has 0 aromatic carbocycles. The standard InChI is InChI=1S/C10H11Cl2NO2/c1-10(2,3)5-4-6(11)13-8(12)7(5)9(14)15/h4H,1-3H3,(H,14,15). The van der Waals surface area contributed by atoms with Crippen molar-refractivity contribution < 1.29 is 9.90 Å². The second-order valence-electron chi connectivity index (χ2n) is 4.21. The van der Waals surface area contributed by atoms with Gasteiger partial charge in [-0.15, -0.1) is 0 Å². The van der Waals surface area contributed by atoms with Crippen molar-refractivity contribution in [3.05, 3.63) is 27.5 Å². The van der Waals surface area contributed by atoms with Crippen LogP contribution in [0.2, 0.25) is 10.3 Å². The van der Waals surface area contributed by atoms with E-state index in [2.05, 4.69) is 4.98 Å². The van der Waals surface area contributed by atoms with Gasteiger partial charge in [-0.05, 0) is 17.0 Å². The quantitative estimate of drug-likeness (QED) is 0.775. The van der Waals surface area contributed by atoms with Crippen molar-refractivity contribution >= 4 is 29.2 Å². The lowest BCUT2D eigenvalue weighted by Gasteiger charge is -2.21. The molecule has 1 aromatic rings. The normalized spacial score (nSPS) is 11.5. The molecular formula is C10H11Cl2NO2. The van der Waals surface area contributed by atoms with Gasteiger partial charge >= 0.3 is 5.97 Å². The number of nitrogens with zero attached hydrogens (tertiary/aromatic N) is 1. The average Bonchev–Trinajstić information content (AvgIpc) is 1.99. The van der Waals surface area contributed by atoms with Gasteiger partial charge in [-0.25, -0.2) is 9.78 Å². The number of carboxylic acids is 1. The summed E-state index contributed by atoms with van der Waals surface area (Å²) in [6, 6.07) is 1.54. The van der Waals surface area contributed by atoms with E-state index in [1.807, 2.05) is 20.8 Å². The molecule has 0 spiro atoms. The van der Waals surface area contributed by atoms with Gasteiger partial charge in [0, 0.05) is 0 Å². The molecule has 1 aromatic heterocycles. The Hall–Kier alpha value is -0.800. The van der Waals surface area contributed by atoms with E-state index in [1.54, 1.807) is 0 Å². The van der Waals surface area contributed by atoms with Gasteiger partial charge in [-0.2, -0.15) is 0 Å². The molecule has 1 heterocycles. The molecule has 0 aliphatic carbocycles. The summed E-state index contributed by atoms with van der Waals surface area (Å²) in [6.07, 6.45) is 0. The highest BCUT2D eigenvalue weighted by molar-refractivity contribution is 6.34. The Kier molecular flexibility index (Phi) is 3.26. The van der Waals surface area contributed by atoms with Crippen molar-refractivity contribution in [3.63, 3.8) is 0 Å². The number of carboxylic acid groups (broad SMARTS) is 1. The maximum Gasteiger partial charge on any atom is 0.339 e. The Morgan fingerprint density at radius 3 is 2.33 bits per heavy atom. The number of hydrogen-bond acceptors (Lipinski definition) is 2. The summed E-state index contributed by atoms with van der Waals surface area (Å²) < 4.78 is 0. The Morgan fingerprint density at radius 1 is 1.40 bits per heavy atom. The third-order valence-electron chi connectivity index (χ3n) is 1.97. The first kappa shape index (κ1) is 12.3. The van der Waals surface area contributed by atoms with Gasteiger partial charge in [0.25, 0.3) is 0 Å². The highest BCUT2D eigenvalue weighted by atomic mass is 35.5. The monoisotopic (exact) mass is 247 g/mol. The number of aromatic nitrogens is 1. The lowest BCUT2D eigenvalue weighted by Crippen LogP contribution is -2.18. The predicted octanol–water partition coefficient (Wildman–Crippen LogP) is 3.38. The summed E-state index contributed by atoms with van der Waals surface area (Å²) in [4.78, 5) is 14.8. The van der Waals surface area contributed by atoms with Crippen molar-refractivity contribution in [2.45, 2.75) is 26.2 Å². The van der Waals surface area contributed by atoms with Crippen LogP contribution < -0.4 is 0 Å². The van der Waals surface area contributed by atoms with Crippen LogP contribution in [0.4, 0.5) is 0 Å². The second kappa shape index (κ2) is 3.99. The Balaban J connectivity index is 3.54. The molecule has 15 heavy (non-hydrogen) atoms. The van der Waals surface area contributed by atoms with Crippen molar-refractivity contribution in [2.75, 3.05) is 0 Å². The van der Waals surface area contributed by atoms with Crippen LogP contribution in [0.5, 0.6) is 0 Å². The van der Waals surface area contributed by atoms with Crippen LogP contribution in [0.3, 0.4) is 0 Å². The van der Waals surface area contributed by atoms with E-state index in [-0.39, 0.29) is 21.3 Å². The fraction of sp³-hybridized carbons (Fsp3) is 0.400. The fourth-order valence-electron chi connectivity index (χ4n) is 1.28. The molecule has 1 rings (SSSR count). The average molecular weight is 248 g/mol. The Labute approximate surface area is 98.0 Å². The van der Waals surface area contributed by atoms with Crippen LogP contribution in [0.15, 0.2) is 6.07 Å². The minimum absolute atomic E-state index is 0.0218. The van der Waals surface area contributed by atoms with E-state index < -0.39 is 5.97 Å². The molecule has 0 atom stereocenters. The fourth-order valence-corrected chi connectivity index (χ4v) is 1.79. The van der Waals surface area contributed by atoms with Crippen molar-refractivity contribution in [1.82, 2.24) is 4.98 Å². The van der Waals surface area contributed by atoms with Crippen LogP contribution in [0.25, 0.3) is 0 Å². The zero-order valence-electron chi connectivity index (χ0n) is 8.64. The molecule has 0 aliphatic rings. The summed E-state index contributed by atoms with van der Waals surface area (Å²) >= 11 is 11.5. The summed E-state index contributed by atoms with van der Waals surface area (Å²) in [5.41, 5.74) is 0.262. The molecule has 0 fully saturated rings. The first-order valence-electron chi connectivity index (χ1n) is 4.33. The van der Waals surface area contributed by atoms with Crippen LogP contribution >= 0.6 is 23.2 Å². The molecule has 1 N–H and O–H groups in total. The van der Waals surface area contributed by atoms with Gasteiger partial charge in [0.05, 0.1) is 0 Å². The lowest BCUT2D eigenvalue weighted by molar-refractivity contribution is 0.0694. The number of rotatable bonds is 1. The molecule has 0 saturated heterocycles. The zero-order valence-corrected chi connectivity index (χ0v) is 10.1. The number of pyridine rings is 1. The molecule has 0 aliphatic heterocycles. The maximum atomic E-state index is 11.0. The van der Waals surface area contributed by atoms with Crippen molar-refractivity contribution in [1.29, 1.82) is 0 Å². The van der Waals surface area contributed by atoms with Crippen LogP contribution in [0, 0.1) is 0 Å². The highest BCUT2D eigenvalue weighted by Gasteiger charge is 2.25. The Morgan fingerprint density at radius 2 is 1.93 bits per heavy atom. The summed E-state index contributed by atoms with van der Waals surface area (Å²) in [6.45, 7) is 5.67. The summed E-state index contributed by atoms with van der Waals surface area (Å²) in [7, 11) is 0. The van der Waals surface area contributed by atoms with E-state index in [9.17, 15) is 4.79 Å². The minimum atomic E-state index is -1.09. The topological polar surface area (TPSA) is 50.2 Å². The smallest absolute Gasteiger partial charge is 0.339 e. The number of aromatic carboxylic acids is 1. The highest BCUT2D eigenvalue weighted by Crippen LogP contribution is 2.31. The van der Waals surface area contributed by atoms with E-state index in [1.165, 1.54) is 6.07 Å². The van der Waals surface area contributed by atoms with E-state index in [4.69, 9.17) is 28.3 Å². The minimum Gasteiger partial charge on any atom is -0.478 e. The van der Waals surface area contributed by atoms with Crippen LogP contribution in [-0.4, -0.2) is 16.1 Å². The molecular weight excluding hydrogens is 237 g/mol. The van der Waals surface area contributed by atoms with Gasteiger partial charge in [0.15, 0.2) is 0 Å². The van der Waals surface area contributed by atoms with Gasteiger partial charge < -0.3 is 5.11 Å². The number of halogens is 2. The maximum absolute atomic E-state index is 11.0. The molecule has 82 valence electrons. The summed E-state index contributed by atoms with van der Waals surface area (Å²) in [5, 5.41) is 9.17. The van der Waals surface area contributed by atoms with Gasteiger partial charge in [0.2, 0.25) is 0 Å². The van der Waals surface area contributed by atoms with E-state index in [0.717, 1.165) is 0 Å². The lowest BCUT2D eigenvalue weighted by atomic mass is 9.85. The van der Waals surface area contributed by atoms with Crippen molar-refractivity contribution in [2.24, 2.45) is 0 Å². The molecule has 0 unspecified atom stereocenters. The van der Waals surface area contributed by atoms with Gasteiger partial charge in [-0.1, -0.05) is 44.0 Å². The van der Waals surface area contributed by atoms with Gasteiger partial charge in [0.1, 0.15) is 15.9 Å². The number of hydrogen-bond donors (Lipinski definition) is 1. The Bertz CT molecular complexity index is 411. The molecule has 0 saturated carbocycles. The molecule has 3 nitrogen and oxygen atoms in total. The predicted molar refractivity (Wildman–Crippen MR) is 59.9 cm³/mol. The van der Waals surface area contributed by atoms with Gasteiger partial charge in [-0.3, -0.25) is 0 Å². The third-order valence-corrected chi connectivity index (χ3v) is 2.43. The third kappa shape index (κ3) is 2.61. The zero-order chi connectivity index (χ0) is 11.8.